The smallest absolute Gasteiger partial charge is 0.317 e. The summed E-state index contributed by atoms with van der Waals surface area (Å²) in [6.07, 6.45) is 0.361. The van der Waals surface area contributed by atoms with Gasteiger partial charge in [-0.05, 0) is 33.9 Å². The van der Waals surface area contributed by atoms with E-state index in [9.17, 15) is 39.3 Å². The van der Waals surface area contributed by atoms with E-state index in [-0.39, 0.29) is 85.2 Å². The molecule has 1 heterocycles. The molecule has 3 aromatic rings. The Labute approximate surface area is 346 Å². The number of carboxylic acids is 3. The number of aliphatic carboxylic acids is 3. The third-order valence-electron chi connectivity index (χ3n) is 8.90. The second kappa shape index (κ2) is 23.3. The summed E-state index contributed by atoms with van der Waals surface area (Å²) < 4.78 is 0. The molecule has 1 saturated heterocycles. The zero-order valence-corrected chi connectivity index (χ0v) is 32.3. The summed E-state index contributed by atoms with van der Waals surface area (Å²) in [6, 6.07) is 20.5. The Balaban J connectivity index is 0.00000784. The molecule has 17 heteroatoms. The third-order valence-corrected chi connectivity index (χ3v) is 8.90. The molecular weight excluding hydrogens is 844 g/mol. The Bertz CT molecular complexity index is 1670. The minimum Gasteiger partial charge on any atom is -0.480 e. The van der Waals surface area contributed by atoms with Crippen LogP contribution in [0.25, 0.3) is 10.8 Å². The number of nitrogens with zero attached hydrogens (tertiary/aromatic N) is 4. The average molecular weight is 893 g/mol. The predicted octanol–water partition coefficient (Wildman–Crippen LogP) is 0.0492. The molecule has 0 saturated carbocycles. The van der Waals surface area contributed by atoms with Crippen LogP contribution in [0.5, 0.6) is 0 Å². The summed E-state index contributed by atoms with van der Waals surface area (Å²) in [7, 11) is 0. The minimum atomic E-state index is -1.02. The molecule has 3 aromatic carbocycles. The van der Waals surface area contributed by atoms with Gasteiger partial charge in [-0.15, -0.1) is 0 Å². The van der Waals surface area contributed by atoms with E-state index in [1.807, 2.05) is 71.6 Å². The molecule has 54 heavy (non-hydrogen) atoms. The van der Waals surface area contributed by atoms with Gasteiger partial charge in [0, 0.05) is 98.8 Å². The maximum Gasteiger partial charge on any atom is 0.317 e. The van der Waals surface area contributed by atoms with Crippen molar-refractivity contribution in [2.75, 3.05) is 78.5 Å². The Hall–Kier alpha value is -3.65. The monoisotopic (exact) mass is 893 g/mol. The van der Waals surface area contributed by atoms with Crippen molar-refractivity contribution in [2.45, 2.75) is 25.6 Å². The number of rotatable bonds is 16. The number of hydrogen-bond donors (Lipinski definition) is 6. The summed E-state index contributed by atoms with van der Waals surface area (Å²) >= 11 is 0. The summed E-state index contributed by atoms with van der Waals surface area (Å²) in [6.45, 7) is 2.18. The van der Waals surface area contributed by atoms with E-state index in [1.54, 1.807) is 14.7 Å². The van der Waals surface area contributed by atoms with Crippen LogP contribution >= 0.6 is 0 Å². The topological polar surface area (TPSA) is 218 Å². The molecule has 0 unspecified atom stereocenters. The minimum absolute atomic E-state index is 0. The van der Waals surface area contributed by atoms with Gasteiger partial charge in [-0.1, -0.05) is 66.7 Å². The van der Waals surface area contributed by atoms with Gasteiger partial charge in [0.05, 0.1) is 38.8 Å². The zero-order chi connectivity index (χ0) is 38.2. The fourth-order valence-corrected chi connectivity index (χ4v) is 5.98. The molecule has 0 aliphatic carbocycles. The van der Waals surface area contributed by atoms with E-state index in [2.05, 4.69) is 10.8 Å². The molecule has 0 spiro atoms. The molecule has 1 aliphatic heterocycles. The average Bonchev–Trinajstić information content (AvgIpc) is 3.11. The molecular formula is C37H49GdN7O9. The van der Waals surface area contributed by atoms with E-state index in [1.165, 1.54) is 0 Å². The van der Waals surface area contributed by atoms with Crippen LogP contribution in [0.3, 0.4) is 0 Å². The number of nitrogens with one attached hydrogen (secondary N) is 2. The van der Waals surface area contributed by atoms with Crippen LogP contribution in [0.4, 0.5) is 0 Å². The first-order valence-electron chi connectivity index (χ1n) is 17.5. The van der Waals surface area contributed by atoms with Crippen LogP contribution in [0.1, 0.15) is 16.7 Å². The van der Waals surface area contributed by atoms with Crippen molar-refractivity contribution in [1.29, 1.82) is 0 Å². The van der Waals surface area contributed by atoms with Crippen LogP contribution in [0.15, 0.2) is 66.7 Å². The second-order valence-electron chi connectivity index (χ2n) is 13.1. The first kappa shape index (κ1) is 44.7. The number of carboxylic acid groups (broad SMARTS) is 3. The number of fused-ring (bicyclic) bond motifs is 1. The summed E-state index contributed by atoms with van der Waals surface area (Å²) in [5, 5.41) is 33.3. The van der Waals surface area contributed by atoms with Gasteiger partial charge in [0.15, 0.2) is 0 Å². The van der Waals surface area contributed by atoms with Gasteiger partial charge in [0.2, 0.25) is 5.91 Å². The first-order chi connectivity index (χ1) is 25.4. The van der Waals surface area contributed by atoms with Crippen molar-refractivity contribution in [2.24, 2.45) is 5.73 Å². The number of hydrogen-bond acceptors (Lipinski definition) is 11. The standard InChI is InChI=1S/C37H49N7O9.Gd/c38-32(20-29-9-10-30-3-1-2-4-31(30)19-29)37(52)40-53-26-28-7-5-27(6-8-28)21-39-33(45)22-41-11-13-42(23-34(46)47)15-17-44(25-36(50)51)18-16-43(14-12-41)24-35(48)49;/h1-10,19,32H,11-18,20-26,38H2,(H,39,45)(H,40,52)(H,46,47)(H,48,49)(H,50,51);/t32-;/m1./s1. The van der Waals surface area contributed by atoms with Crippen LogP contribution in [-0.2, 0) is 48.4 Å². The molecule has 0 aromatic heterocycles. The normalized spacial score (nSPS) is 15.9. The van der Waals surface area contributed by atoms with Gasteiger partial charge in [0.1, 0.15) is 0 Å². The van der Waals surface area contributed by atoms with E-state index in [4.69, 9.17) is 10.6 Å². The van der Waals surface area contributed by atoms with Crippen molar-refractivity contribution in [1.82, 2.24) is 30.4 Å². The molecule has 2 amide bonds. The Kier molecular flexibility index (Phi) is 19.3. The zero-order valence-electron chi connectivity index (χ0n) is 30.0. The van der Waals surface area contributed by atoms with Crippen molar-refractivity contribution in [3.05, 3.63) is 83.4 Å². The van der Waals surface area contributed by atoms with Gasteiger partial charge in [-0.25, -0.2) is 5.48 Å². The van der Waals surface area contributed by atoms with Crippen LogP contribution in [0.2, 0.25) is 0 Å². The summed E-state index contributed by atoms with van der Waals surface area (Å²) in [5.74, 6) is -3.74. The molecule has 294 valence electrons. The van der Waals surface area contributed by atoms with Crippen molar-refractivity contribution in [3.8, 4) is 0 Å². The Morgan fingerprint density at radius 3 is 1.57 bits per heavy atom. The number of carbonyl (C=O) groups is 5. The Morgan fingerprint density at radius 2 is 1.07 bits per heavy atom. The molecule has 1 aliphatic rings. The summed E-state index contributed by atoms with van der Waals surface area (Å²) in [5.41, 5.74) is 11.1. The Morgan fingerprint density at radius 1 is 0.630 bits per heavy atom. The summed E-state index contributed by atoms with van der Waals surface area (Å²) in [4.78, 5) is 72.3. The number of nitrogens with two attached hydrogens (primary N) is 1. The van der Waals surface area contributed by atoms with Crippen LogP contribution in [-0.4, -0.2) is 149 Å². The molecule has 4 rings (SSSR count). The molecule has 7 N–H and O–H groups in total. The SMILES string of the molecule is N[C@H](Cc1ccc2ccccc2c1)C(=O)NOCc1ccc(CNC(=O)CN2CCN(CC(=O)O)CCN(CC(=O)O)CCN(CC(=O)O)CC2)cc1.[Gd]. The van der Waals surface area contributed by atoms with E-state index >= 15 is 0 Å². The fraction of sp³-hybridized carbons (Fsp3) is 0.432. The van der Waals surface area contributed by atoms with Gasteiger partial charge in [0.25, 0.3) is 5.91 Å². The van der Waals surface area contributed by atoms with Gasteiger partial charge >= 0.3 is 17.9 Å². The van der Waals surface area contributed by atoms with Gasteiger partial charge in [-0.2, -0.15) is 0 Å². The predicted molar refractivity (Wildman–Crippen MR) is 196 cm³/mol. The van der Waals surface area contributed by atoms with Gasteiger partial charge < -0.3 is 26.4 Å². The van der Waals surface area contributed by atoms with E-state index < -0.39 is 29.9 Å². The van der Waals surface area contributed by atoms with E-state index in [0.717, 1.165) is 27.5 Å². The maximum absolute atomic E-state index is 13.0. The van der Waals surface area contributed by atoms with Crippen LogP contribution in [0, 0.1) is 39.9 Å². The number of hydroxylamine groups is 1. The molecule has 1 atom stereocenters. The van der Waals surface area contributed by atoms with Gasteiger partial charge in [-0.3, -0.25) is 48.4 Å². The largest absolute Gasteiger partial charge is 0.480 e. The molecule has 0 bridgehead atoms. The van der Waals surface area contributed by atoms with Crippen molar-refractivity contribution in [3.63, 3.8) is 0 Å². The number of carbonyl (C=O) groups excluding carboxylic acids is 2. The molecule has 0 radical (unpaired) electrons. The second-order valence-corrected chi connectivity index (χ2v) is 13.1. The first-order valence-corrected chi connectivity index (χ1v) is 17.5. The van der Waals surface area contributed by atoms with Crippen molar-refractivity contribution < 1.29 is 84.1 Å². The number of amides is 2. The van der Waals surface area contributed by atoms with Crippen molar-refractivity contribution >= 4 is 40.5 Å². The van der Waals surface area contributed by atoms with E-state index in [0.29, 0.717) is 58.8 Å². The quantitative estimate of drug-likeness (QED) is 0.105. The molecule has 16 nitrogen and oxygen atoms in total. The van der Waals surface area contributed by atoms with Crippen LogP contribution < -0.4 is 16.5 Å². The fourth-order valence-electron chi connectivity index (χ4n) is 5.98. The third kappa shape index (κ3) is 16.4. The molecule has 1 fully saturated rings. The maximum atomic E-state index is 13.0. The number of benzene rings is 3.